The lowest BCUT2D eigenvalue weighted by Gasteiger charge is -2.12. The summed E-state index contributed by atoms with van der Waals surface area (Å²) < 4.78 is 5.24. The Morgan fingerprint density at radius 3 is 2.57 bits per heavy atom. The van der Waals surface area contributed by atoms with Crippen molar-refractivity contribution in [3.8, 4) is 11.8 Å². The van der Waals surface area contributed by atoms with Crippen molar-refractivity contribution in [2.45, 2.75) is 26.3 Å². The summed E-state index contributed by atoms with van der Waals surface area (Å²) in [5.74, 6) is 0.728. The van der Waals surface area contributed by atoms with Crippen LogP contribution in [0.25, 0.3) is 0 Å². The van der Waals surface area contributed by atoms with E-state index in [4.69, 9.17) is 10.00 Å². The first-order valence-electron chi connectivity index (χ1n) is 7.24. The number of aryl methyl sites for hydroxylation is 1. The zero-order valence-corrected chi connectivity index (χ0v) is 12.3. The Morgan fingerprint density at radius 1 is 1.10 bits per heavy atom. The van der Waals surface area contributed by atoms with Crippen molar-refractivity contribution in [1.82, 2.24) is 0 Å². The minimum absolute atomic E-state index is 0.0853. The van der Waals surface area contributed by atoms with Gasteiger partial charge in [0, 0.05) is 12.2 Å². The molecule has 3 heteroatoms. The lowest BCUT2D eigenvalue weighted by molar-refractivity contribution is 0.368. The summed E-state index contributed by atoms with van der Waals surface area (Å²) in [5.41, 5.74) is 3.74. The van der Waals surface area contributed by atoms with Crippen molar-refractivity contribution in [2.24, 2.45) is 0 Å². The van der Waals surface area contributed by atoms with Crippen LogP contribution < -0.4 is 10.1 Å². The SMILES string of the molecule is CCCc1ccccc1NCc1ccc(OCC#N)cc1. The van der Waals surface area contributed by atoms with Gasteiger partial charge in [-0.05, 0) is 35.7 Å². The first-order valence-corrected chi connectivity index (χ1v) is 7.24. The molecule has 0 spiro atoms. The van der Waals surface area contributed by atoms with Crippen LogP contribution in [0.1, 0.15) is 24.5 Å². The summed E-state index contributed by atoms with van der Waals surface area (Å²) in [7, 11) is 0. The van der Waals surface area contributed by atoms with Gasteiger partial charge in [-0.3, -0.25) is 0 Å². The van der Waals surface area contributed by atoms with Crippen molar-refractivity contribution in [1.29, 1.82) is 5.26 Å². The minimum atomic E-state index is 0.0853. The second kappa shape index (κ2) is 7.96. The van der Waals surface area contributed by atoms with Gasteiger partial charge in [0.05, 0.1) is 0 Å². The molecule has 21 heavy (non-hydrogen) atoms. The summed E-state index contributed by atoms with van der Waals surface area (Å²) in [6.07, 6.45) is 2.23. The number of nitriles is 1. The summed E-state index contributed by atoms with van der Waals surface area (Å²) in [6.45, 7) is 3.05. The largest absolute Gasteiger partial charge is 0.479 e. The van der Waals surface area contributed by atoms with Crippen molar-refractivity contribution in [2.75, 3.05) is 11.9 Å². The summed E-state index contributed by atoms with van der Waals surface area (Å²) in [6, 6.07) is 18.2. The van der Waals surface area contributed by atoms with Crippen LogP contribution in [0.4, 0.5) is 5.69 Å². The van der Waals surface area contributed by atoms with E-state index >= 15 is 0 Å². The number of benzene rings is 2. The van der Waals surface area contributed by atoms with Crippen LogP contribution >= 0.6 is 0 Å². The molecule has 0 unspecified atom stereocenters. The Balaban J connectivity index is 1.95. The number of para-hydroxylation sites is 1. The van der Waals surface area contributed by atoms with Gasteiger partial charge in [0.1, 0.15) is 11.8 Å². The molecule has 2 rings (SSSR count). The molecule has 0 fully saturated rings. The molecule has 0 saturated heterocycles. The number of hydrogen-bond acceptors (Lipinski definition) is 3. The number of nitrogens with one attached hydrogen (secondary N) is 1. The Morgan fingerprint density at radius 2 is 1.86 bits per heavy atom. The third-order valence-corrected chi connectivity index (χ3v) is 3.25. The Kier molecular flexibility index (Phi) is 5.66. The Labute approximate surface area is 126 Å². The molecule has 0 saturated carbocycles. The average molecular weight is 280 g/mol. The molecule has 0 aliphatic rings. The molecular formula is C18H20N2O. The zero-order valence-electron chi connectivity index (χ0n) is 12.3. The van der Waals surface area contributed by atoms with Gasteiger partial charge in [-0.1, -0.05) is 43.7 Å². The van der Waals surface area contributed by atoms with Gasteiger partial charge in [-0.2, -0.15) is 5.26 Å². The highest BCUT2D eigenvalue weighted by atomic mass is 16.5. The molecule has 2 aromatic rings. The smallest absolute Gasteiger partial charge is 0.174 e. The maximum absolute atomic E-state index is 8.48. The number of nitrogens with zero attached hydrogens (tertiary/aromatic N) is 1. The highest BCUT2D eigenvalue weighted by Gasteiger charge is 2.01. The van der Waals surface area contributed by atoms with Gasteiger partial charge in [0.2, 0.25) is 0 Å². The number of ether oxygens (including phenoxy) is 1. The second-order valence-electron chi connectivity index (χ2n) is 4.85. The van der Waals surface area contributed by atoms with Crippen molar-refractivity contribution >= 4 is 5.69 Å². The number of anilines is 1. The molecule has 3 nitrogen and oxygen atoms in total. The molecule has 0 radical (unpaired) electrons. The molecule has 0 heterocycles. The molecule has 0 amide bonds. The van der Waals surface area contributed by atoms with E-state index in [1.54, 1.807) is 0 Å². The van der Waals surface area contributed by atoms with Crippen LogP contribution in [-0.4, -0.2) is 6.61 Å². The van der Waals surface area contributed by atoms with E-state index in [2.05, 4.69) is 36.5 Å². The van der Waals surface area contributed by atoms with E-state index in [1.807, 2.05) is 30.3 Å². The highest BCUT2D eigenvalue weighted by Crippen LogP contribution is 2.18. The van der Waals surface area contributed by atoms with E-state index < -0.39 is 0 Å². The average Bonchev–Trinajstić information content (AvgIpc) is 2.53. The lowest BCUT2D eigenvalue weighted by Crippen LogP contribution is -2.02. The molecule has 0 aliphatic heterocycles. The topological polar surface area (TPSA) is 45.0 Å². The third kappa shape index (κ3) is 4.54. The van der Waals surface area contributed by atoms with Gasteiger partial charge >= 0.3 is 0 Å². The summed E-state index contributed by atoms with van der Waals surface area (Å²) >= 11 is 0. The molecule has 0 bridgehead atoms. The van der Waals surface area contributed by atoms with Gasteiger partial charge in [-0.15, -0.1) is 0 Å². The van der Waals surface area contributed by atoms with E-state index in [1.165, 1.54) is 16.8 Å². The van der Waals surface area contributed by atoms with Crippen molar-refractivity contribution < 1.29 is 4.74 Å². The normalized spacial score (nSPS) is 9.90. The van der Waals surface area contributed by atoms with Gasteiger partial charge in [0.25, 0.3) is 0 Å². The fourth-order valence-electron chi connectivity index (χ4n) is 2.20. The first-order chi connectivity index (χ1) is 10.3. The summed E-state index contributed by atoms with van der Waals surface area (Å²) in [4.78, 5) is 0. The van der Waals surface area contributed by atoms with E-state index in [-0.39, 0.29) is 6.61 Å². The van der Waals surface area contributed by atoms with Crippen LogP contribution in [-0.2, 0) is 13.0 Å². The molecule has 0 aromatic heterocycles. The fraction of sp³-hybridized carbons (Fsp3) is 0.278. The molecule has 108 valence electrons. The van der Waals surface area contributed by atoms with Gasteiger partial charge < -0.3 is 10.1 Å². The maximum Gasteiger partial charge on any atom is 0.174 e. The zero-order chi connectivity index (χ0) is 14.9. The predicted molar refractivity (Wildman–Crippen MR) is 85.3 cm³/mol. The van der Waals surface area contributed by atoms with Crippen LogP contribution in [0.3, 0.4) is 0 Å². The van der Waals surface area contributed by atoms with E-state index in [0.29, 0.717) is 0 Å². The van der Waals surface area contributed by atoms with Crippen LogP contribution in [0.15, 0.2) is 48.5 Å². The monoisotopic (exact) mass is 280 g/mol. The van der Waals surface area contributed by atoms with E-state index in [0.717, 1.165) is 25.1 Å². The Hall–Kier alpha value is -2.47. The number of rotatable bonds is 7. The van der Waals surface area contributed by atoms with Crippen molar-refractivity contribution in [3.63, 3.8) is 0 Å². The standard InChI is InChI=1S/C18H20N2O/c1-2-5-16-6-3-4-7-18(16)20-14-15-8-10-17(11-9-15)21-13-12-19/h3-4,6-11,20H,2,5,13-14H2,1H3. The van der Waals surface area contributed by atoms with E-state index in [9.17, 15) is 0 Å². The maximum atomic E-state index is 8.48. The quantitative estimate of drug-likeness (QED) is 0.828. The number of hydrogen-bond donors (Lipinski definition) is 1. The fourth-order valence-corrected chi connectivity index (χ4v) is 2.20. The molecule has 2 aromatic carbocycles. The molecule has 0 atom stereocenters. The minimum Gasteiger partial charge on any atom is -0.479 e. The predicted octanol–water partition coefficient (Wildman–Crippen LogP) is 4.15. The van der Waals surface area contributed by atoms with Crippen LogP contribution in [0, 0.1) is 11.3 Å². The second-order valence-corrected chi connectivity index (χ2v) is 4.85. The van der Waals surface area contributed by atoms with Gasteiger partial charge in [0.15, 0.2) is 6.61 Å². The summed E-state index contributed by atoms with van der Waals surface area (Å²) in [5, 5.41) is 12.0. The van der Waals surface area contributed by atoms with Crippen LogP contribution in [0.5, 0.6) is 5.75 Å². The third-order valence-electron chi connectivity index (χ3n) is 3.25. The Bertz CT molecular complexity index is 599. The van der Waals surface area contributed by atoms with Crippen LogP contribution in [0.2, 0.25) is 0 Å². The lowest BCUT2D eigenvalue weighted by atomic mass is 10.1. The molecular weight excluding hydrogens is 260 g/mol. The molecule has 1 N–H and O–H groups in total. The van der Waals surface area contributed by atoms with Crippen molar-refractivity contribution in [3.05, 3.63) is 59.7 Å². The first kappa shape index (κ1) is 14.9. The molecule has 0 aliphatic carbocycles. The highest BCUT2D eigenvalue weighted by molar-refractivity contribution is 5.51. The van der Waals surface area contributed by atoms with Gasteiger partial charge in [-0.25, -0.2) is 0 Å².